The van der Waals surface area contributed by atoms with Crippen LogP contribution in [0.1, 0.15) is 30.7 Å². The number of amides is 1. The summed E-state index contributed by atoms with van der Waals surface area (Å²) in [7, 11) is 0. The maximum absolute atomic E-state index is 12.1. The molecule has 0 aliphatic heterocycles. The van der Waals surface area contributed by atoms with E-state index in [0.717, 1.165) is 11.3 Å². The molecule has 1 heterocycles. The van der Waals surface area contributed by atoms with Gasteiger partial charge in [-0.1, -0.05) is 29.3 Å². The molecule has 0 atom stereocenters. The first-order valence-corrected chi connectivity index (χ1v) is 7.39. The molecule has 21 heavy (non-hydrogen) atoms. The Hall–Kier alpha value is -1.63. The van der Waals surface area contributed by atoms with Crippen LogP contribution in [0, 0.1) is 6.92 Å². The molecule has 0 fully saturated rings. The molecule has 0 spiro atoms. The number of carboxylic acid groups (broad SMARTS) is 1. The predicted molar refractivity (Wildman–Crippen MR) is 81.4 cm³/mol. The van der Waals surface area contributed by atoms with Crippen molar-refractivity contribution >= 4 is 46.4 Å². The highest BCUT2D eigenvalue weighted by molar-refractivity contribution is 7.13. The van der Waals surface area contributed by atoms with Crippen LogP contribution in [-0.2, 0) is 6.54 Å². The van der Waals surface area contributed by atoms with Gasteiger partial charge in [-0.2, -0.15) is 0 Å². The van der Waals surface area contributed by atoms with Crippen molar-refractivity contribution in [3.63, 3.8) is 0 Å². The van der Waals surface area contributed by atoms with Crippen LogP contribution in [0.2, 0.25) is 10.0 Å². The lowest BCUT2D eigenvalue weighted by molar-refractivity contribution is 0.0701. The van der Waals surface area contributed by atoms with E-state index in [-0.39, 0.29) is 27.0 Å². The number of aromatic carboxylic acids is 1. The highest BCUT2D eigenvalue weighted by atomic mass is 35.5. The summed E-state index contributed by atoms with van der Waals surface area (Å²) in [6, 6.07) is 4.78. The summed E-state index contributed by atoms with van der Waals surface area (Å²) in [6.45, 7) is 1.72. The second-order valence-corrected chi connectivity index (χ2v) is 6.00. The zero-order chi connectivity index (χ0) is 15.6. The van der Waals surface area contributed by atoms with Gasteiger partial charge in [0.05, 0.1) is 27.8 Å². The number of rotatable bonds is 4. The Morgan fingerprint density at radius 2 is 1.95 bits per heavy atom. The Morgan fingerprint density at radius 3 is 2.48 bits per heavy atom. The number of hydrogen-bond acceptors (Lipinski definition) is 4. The van der Waals surface area contributed by atoms with E-state index in [1.54, 1.807) is 25.1 Å². The number of aromatic nitrogens is 1. The number of hydrogen-bond donors (Lipinski definition) is 2. The molecule has 1 aromatic carbocycles. The largest absolute Gasteiger partial charge is 0.477 e. The Morgan fingerprint density at radius 1 is 1.33 bits per heavy atom. The average Bonchev–Trinajstić information content (AvgIpc) is 2.77. The van der Waals surface area contributed by atoms with E-state index in [4.69, 9.17) is 28.3 Å². The van der Waals surface area contributed by atoms with Crippen LogP contribution >= 0.6 is 34.5 Å². The van der Waals surface area contributed by atoms with Crippen LogP contribution in [0.4, 0.5) is 0 Å². The molecule has 0 saturated heterocycles. The van der Waals surface area contributed by atoms with Crippen molar-refractivity contribution in [2.75, 3.05) is 0 Å². The minimum Gasteiger partial charge on any atom is -0.477 e. The molecule has 0 radical (unpaired) electrons. The van der Waals surface area contributed by atoms with E-state index in [9.17, 15) is 9.59 Å². The number of aryl methyl sites for hydroxylation is 1. The van der Waals surface area contributed by atoms with Gasteiger partial charge in [0.15, 0.2) is 0 Å². The molecule has 0 unspecified atom stereocenters. The molecule has 0 aliphatic rings. The predicted octanol–water partition coefficient (Wildman–Crippen LogP) is 3.39. The number of benzene rings is 1. The van der Waals surface area contributed by atoms with Crippen LogP contribution < -0.4 is 5.32 Å². The number of halogens is 2. The van der Waals surface area contributed by atoms with Gasteiger partial charge >= 0.3 is 5.97 Å². The summed E-state index contributed by atoms with van der Waals surface area (Å²) in [4.78, 5) is 27.3. The maximum Gasteiger partial charge on any atom is 0.347 e. The lowest BCUT2D eigenvalue weighted by Crippen LogP contribution is -2.23. The number of carbonyl (C=O) groups excluding carboxylic acids is 1. The molecule has 2 aromatic rings. The Kier molecular flexibility index (Phi) is 4.82. The molecule has 110 valence electrons. The lowest BCUT2D eigenvalue weighted by Gasteiger charge is -2.06. The second kappa shape index (κ2) is 6.43. The van der Waals surface area contributed by atoms with Gasteiger partial charge in [0.25, 0.3) is 5.91 Å². The van der Waals surface area contributed by atoms with Gasteiger partial charge in [-0.25, -0.2) is 9.78 Å². The van der Waals surface area contributed by atoms with E-state index < -0.39 is 11.9 Å². The summed E-state index contributed by atoms with van der Waals surface area (Å²) in [6.07, 6.45) is 0. The molecule has 2 rings (SSSR count). The number of carboxylic acids is 1. The van der Waals surface area contributed by atoms with Crippen LogP contribution in [0.3, 0.4) is 0 Å². The highest BCUT2D eigenvalue weighted by Crippen LogP contribution is 2.24. The fourth-order valence-corrected chi connectivity index (χ4v) is 3.10. The summed E-state index contributed by atoms with van der Waals surface area (Å²) < 4.78 is 0. The molecule has 0 bridgehead atoms. The van der Waals surface area contributed by atoms with E-state index in [1.807, 2.05) is 0 Å². The van der Waals surface area contributed by atoms with Crippen LogP contribution in [-0.4, -0.2) is 22.0 Å². The monoisotopic (exact) mass is 344 g/mol. The number of thiazole rings is 1. The zero-order valence-electron chi connectivity index (χ0n) is 10.8. The molecule has 1 aromatic heterocycles. The minimum absolute atomic E-state index is 0.110. The summed E-state index contributed by atoms with van der Waals surface area (Å²) >= 11 is 12.9. The molecule has 0 aliphatic carbocycles. The first kappa shape index (κ1) is 15.8. The van der Waals surface area contributed by atoms with Crippen molar-refractivity contribution in [1.82, 2.24) is 10.3 Å². The third kappa shape index (κ3) is 3.53. The van der Waals surface area contributed by atoms with E-state index >= 15 is 0 Å². The van der Waals surface area contributed by atoms with Gasteiger partial charge in [0, 0.05) is 0 Å². The van der Waals surface area contributed by atoms with Crippen LogP contribution in [0.25, 0.3) is 0 Å². The first-order valence-electron chi connectivity index (χ1n) is 5.82. The van der Waals surface area contributed by atoms with Crippen molar-refractivity contribution < 1.29 is 14.7 Å². The summed E-state index contributed by atoms with van der Waals surface area (Å²) in [5.41, 5.74) is 0.611. The molecule has 1 amide bonds. The van der Waals surface area contributed by atoms with Crippen LogP contribution in [0.5, 0.6) is 0 Å². The summed E-state index contributed by atoms with van der Waals surface area (Å²) in [5.74, 6) is -1.47. The minimum atomic E-state index is -1.03. The molecular formula is C13H10Cl2N2O3S. The topological polar surface area (TPSA) is 79.3 Å². The molecule has 5 nitrogen and oxygen atoms in total. The zero-order valence-corrected chi connectivity index (χ0v) is 13.1. The fourth-order valence-electron chi connectivity index (χ4n) is 1.69. The average molecular weight is 345 g/mol. The smallest absolute Gasteiger partial charge is 0.347 e. The SMILES string of the molecule is Cc1nc(CNC(=O)c2c(Cl)cccc2Cl)sc1C(=O)O. The van der Waals surface area contributed by atoms with Gasteiger partial charge < -0.3 is 10.4 Å². The van der Waals surface area contributed by atoms with Crippen molar-refractivity contribution in [1.29, 1.82) is 0 Å². The number of carbonyl (C=O) groups is 2. The van der Waals surface area contributed by atoms with E-state index in [0.29, 0.717) is 10.7 Å². The second-order valence-electron chi connectivity index (χ2n) is 4.11. The molecular weight excluding hydrogens is 335 g/mol. The van der Waals surface area contributed by atoms with Gasteiger partial charge in [0.1, 0.15) is 9.88 Å². The van der Waals surface area contributed by atoms with Crippen LogP contribution in [0.15, 0.2) is 18.2 Å². The third-order valence-corrected chi connectivity index (χ3v) is 4.40. The first-order chi connectivity index (χ1) is 9.90. The normalized spacial score (nSPS) is 10.4. The quantitative estimate of drug-likeness (QED) is 0.890. The van der Waals surface area contributed by atoms with Gasteiger partial charge in [-0.15, -0.1) is 11.3 Å². The highest BCUT2D eigenvalue weighted by Gasteiger charge is 2.17. The van der Waals surface area contributed by atoms with E-state index in [1.165, 1.54) is 0 Å². The van der Waals surface area contributed by atoms with Crippen molar-refractivity contribution in [3.05, 3.63) is 49.4 Å². The Labute approximate surface area is 134 Å². The molecule has 2 N–H and O–H groups in total. The Balaban J connectivity index is 2.11. The van der Waals surface area contributed by atoms with E-state index in [2.05, 4.69) is 10.3 Å². The van der Waals surface area contributed by atoms with Crippen molar-refractivity contribution in [3.8, 4) is 0 Å². The lowest BCUT2D eigenvalue weighted by atomic mass is 10.2. The Bertz CT molecular complexity index is 695. The molecule has 0 saturated carbocycles. The van der Waals surface area contributed by atoms with Gasteiger partial charge in [0.2, 0.25) is 0 Å². The van der Waals surface area contributed by atoms with Gasteiger partial charge in [-0.3, -0.25) is 4.79 Å². The number of nitrogens with zero attached hydrogens (tertiary/aromatic N) is 1. The number of nitrogens with one attached hydrogen (secondary N) is 1. The maximum atomic E-state index is 12.1. The van der Waals surface area contributed by atoms with Crippen molar-refractivity contribution in [2.45, 2.75) is 13.5 Å². The third-order valence-electron chi connectivity index (χ3n) is 2.63. The molecule has 8 heteroatoms. The fraction of sp³-hybridized carbons (Fsp3) is 0.154. The standard InChI is InChI=1S/C13H10Cl2N2O3S/c1-6-11(13(19)20)21-9(17-6)5-16-12(18)10-7(14)3-2-4-8(10)15/h2-4H,5H2,1H3,(H,16,18)(H,19,20). The summed E-state index contributed by atoms with van der Waals surface area (Å²) in [5, 5.41) is 12.6. The van der Waals surface area contributed by atoms with Crippen molar-refractivity contribution in [2.24, 2.45) is 0 Å². The van der Waals surface area contributed by atoms with Gasteiger partial charge in [-0.05, 0) is 19.1 Å².